The molecule has 31 heavy (non-hydrogen) atoms. The predicted octanol–water partition coefficient (Wildman–Crippen LogP) is 3.58. The Hall–Kier alpha value is -3.03. The standard InChI is InChI=1S/C24H31N5O2/c1-4-29(5-2)10-9-26-23-15-20(27-24(28-23)18-7-6-8-25-16-18)14-22(31)19-11-17(3)12-21(30)13-19/h6-8,11-13,15-16,22,30-31H,4-5,9-10,14H2,1-3H3,(H,26,27,28). The molecule has 3 N–H and O–H groups in total. The molecule has 2 aromatic heterocycles. The number of pyridine rings is 1. The van der Waals surface area contributed by atoms with Gasteiger partial charge in [-0.2, -0.15) is 0 Å². The van der Waals surface area contributed by atoms with E-state index >= 15 is 0 Å². The molecule has 1 atom stereocenters. The number of aliphatic hydroxyl groups excluding tert-OH is 1. The van der Waals surface area contributed by atoms with Crippen molar-refractivity contribution in [3.8, 4) is 17.1 Å². The van der Waals surface area contributed by atoms with Crippen molar-refractivity contribution >= 4 is 5.82 Å². The number of aromatic nitrogens is 3. The van der Waals surface area contributed by atoms with E-state index in [9.17, 15) is 10.2 Å². The molecule has 0 radical (unpaired) electrons. The van der Waals surface area contributed by atoms with Crippen molar-refractivity contribution in [1.82, 2.24) is 19.9 Å². The van der Waals surface area contributed by atoms with Gasteiger partial charge in [-0.1, -0.05) is 19.9 Å². The molecule has 0 bridgehead atoms. The highest BCUT2D eigenvalue weighted by Crippen LogP contribution is 2.25. The summed E-state index contributed by atoms with van der Waals surface area (Å²) in [6.45, 7) is 9.87. The monoisotopic (exact) mass is 421 g/mol. The van der Waals surface area contributed by atoms with E-state index in [0.29, 0.717) is 23.5 Å². The van der Waals surface area contributed by atoms with Crippen LogP contribution in [-0.2, 0) is 6.42 Å². The number of likely N-dealkylation sites (N-methyl/N-ethyl adjacent to an activating group) is 1. The topological polar surface area (TPSA) is 94.4 Å². The largest absolute Gasteiger partial charge is 0.508 e. The average molecular weight is 422 g/mol. The number of benzene rings is 1. The Morgan fingerprint density at radius 2 is 1.90 bits per heavy atom. The number of anilines is 1. The van der Waals surface area contributed by atoms with Crippen LogP contribution >= 0.6 is 0 Å². The Bertz CT molecular complexity index is 957. The maximum atomic E-state index is 10.8. The van der Waals surface area contributed by atoms with Crippen LogP contribution in [-0.4, -0.2) is 56.2 Å². The quantitative estimate of drug-likeness (QED) is 0.461. The summed E-state index contributed by atoms with van der Waals surface area (Å²) in [5, 5.41) is 24.0. The number of nitrogens with one attached hydrogen (secondary N) is 1. The fourth-order valence-corrected chi connectivity index (χ4v) is 3.50. The van der Waals surface area contributed by atoms with Crippen molar-refractivity contribution in [1.29, 1.82) is 0 Å². The van der Waals surface area contributed by atoms with Gasteiger partial charge in [0.25, 0.3) is 0 Å². The molecule has 7 heteroatoms. The molecule has 7 nitrogen and oxygen atoms in total. The zero-order valence-electron chi connectivity index (χ0n) is 18.4. The molecule has 0 aliphatic heterocycles. The molecule has 0 saturated heterocycles. The molecule has 164 valence electrons. The molecule has 0 aliphatic rings. The predicted molar refractivity (Wildman–Crippen MR) is 123 cm³/mol. The molecular formula is C24H31N5O2. The minimum Gasteiger partial charge on any atom is -0.508 e. The number of nitrogens with zero attached hydrogens (tertiary/aromatic N) is 4. The first kappa shape index (κ1) is 22.7. The van der Waals surface area contributed by atoms with Gasteiger partial charge in [0.1, 0.15) is 11.6 Å². The Labute approximate surface area is 183 Å². The third-order valence-corrected chi connectivity index (χ3v) is 5.20. The maximum Gasteiger partial charge on any atom is 0.163 e. The van der Waals surface area contributed by atoms with Crippen molar-refractivity contribution in [2.24, 2.45) is 0 Å². The molecule has 0 fully saturated rings. The van der Waals surface area contributed by atoms with Crippen LogP contribution in [0.2, 0.25) is 0 Å². The number of rotatable bonds is 10. The molecule has 2 heterocycles. The highest BCUT2D eigenvalue weighted by atomic mass is 16.3. The maximum absolute atomic E-state index is 10.8. The van der Waals surface area contributed by atoms with Crippen LogP contribution in [0, 0.1) is 6.92 Å². The minimum absolute atomic E-state index is 0.145. The normalized spacial score (nSPS) is 12.2. The second kappa shape index (κ2) is 10.8. The first-order chi connectivity index (χ1) is 15.0. The highest BCUT2D eigenvalue weighted by molar-refractivity contribution is 5.56. The van der Waals surface area contributed by atoms with Crippen LogP contribution < -0.4 is 5.32 Å². The lowest BCUT2D eigenvalue weighted by molar-refractivity contribution is 0.177. The summed E-state index contributed by atoms with van der Waals surface area (Å²) >= 11 is 0. The van der Waals surface area contributed by atoms with Crippen LogP contribution in [0.5, 0.6) is 5.75 Å². The SMILES string of the molecule is CCN(CC)CCNc1cc(CC(O)c2cc(C)cc(O)c2)nc(-c2cccnc2)n1. The first-order valence-corrected chi connectivity index (χ1v) is 10.7. The van der Waals surface area contributed by atoms with Gasteiger partial charge in [0.05, 0.1) is 6.10 Å². The second-order valence-electron chi connectivity index (χ2n) is 7.59. The van der Waals surface area contributed by atoms with E-state index in [-0.39, 0.29) is 5.75 Å². The second-order valence-corrected chi connectivity index (χ2v) is 7.59. The third kappa shape index (κ3) is 6.47. The number of aryl methyl sites for hydroxylation is 1. The molecule has 0 amide bonds. The van der Waals surface area contributed by atoms with Gasteiger partial charge >= 0.3 is 0 Å². The zero-order chi connectivity index (χ0) is 22.2. The van der Waals surface area contributed by atoms with E-state index < -0.39 is 6.10 Å². The Kier molecular flexibility index (Phi) is 7.92. The number of aliphatic hydroxyl groups is 1. The fourth-order valence-electron chi connectivity index (χ4n) is 3.50. The summed E-state index contributed by atoms with van der Waals surface area (Å²) in [6.07, 6.45) is 2.97. The average Bonchev–Trinajstić information content (AvgIpc) is 2.76. The van der Waals surface area contributed by atoms with Crippen molar-refractivity contribution in [2.75, 3.05) is 31.5 Å². The lowest BCUT2D eigenvalue weighted by atomic mass is 10.0. The first-order valence-electron chi connectivity index (χ1n) is 10.7. The number of aromatic hydroxyl groups is 1. The van der Waals surface area contributed by atoms with Crippen molar-refractivity contribution in [2.45, 2.75) is 33.3 Å². The molecule has 1 unspecified atom stereocenters. The summed E-state index contributed by atoms with van der Waals surface area (Å²) < 4.78 is 0. The lowest BCUT2D eigenvalue weighted by Crippen LogP contribution is -2.28. The van der Waals surface area contributed by atoms with E-state index in [1.807, 2.05) is 31.2 Å². The van der Waals surface area contributed by atoms with Crippen LogP contribution in [0.4, 0.5) is 5.82 Å². The summed E-state index contributed by atoms with van der Waals surface area (Å²) in [7, 11) is 0. The van der Waals surface area contributed by atoms with Gasteiger partial charge in [0.15, 0.2) is 5.82 Å². The molecular weight excluding hydrogens is 390 g/mol. The third-order valence-electron chi connectivity index (χ3n) is 5.20. The van der Waals surface area contributed by atoms with Gasteiger partial charge in [0, 0.05) is 49.2 Å². The molecule has 0 spiro atoms. The van der Waals surface area contributed by atoms with Gasteiger partial charge in [-0.3, -0.25) is 4.98 Å². The zero-order valence-corrected chi connectivity index (χ0v) is 18.4. The number of hydrogen-bond donors (Lipinski definition) is 3. The Morgan fingerprint density at radius 1 is 1.10 bits per heavy atom. The van der Waals surface area contributed by atoms with Crippen molar-refractivity contribution in [3.05, 3.63) is 65.6 Å². The van der Waals surface area contributed by atoms with Gasteiger partial charge in [-0.05, 0) is 55.4 Å². The lowest BCUT2D eigenvalue weighted by Gasteiger charge is -2.19. The van der Waals surface area contributed by atoms with Crippen LogP contribution in [0.25, 0.3) is 11.4 Å². The van der Waals surface area contributed by atoms with E-state index in [2.05, 4.69) is 39.0 Å². The number of hydrogen-bond acceptors (Lipinski definition) is 7. The van der Waals surface area contributed by atoms with E-state index in [1.54, 1.807) is 24.5 Å². The molecule has 1 aromatic carbocycles. The van der Waals surface area contributed by atoms with Gasteiger partial charge in [0.2, 0.25) is 0 Å². The van der Waals surface area contributed by atoms with E-state index in [4.69, 9.17) is 0 Å². The van der Waals surface area contributed by atoms with Crippen molar-refractivity contribution in [3.63, 3.8) is 0 Å². The van der Waals surface area contributed by atoms with Crippen LogP contribution in [0.15, 0.2) is 48.8 Å². The number of phenols is 1. The summed E-state index contributed by atoms with van der Waals surface area (Å²) in [5.41, 5.74) is 3.09. The summed E-state index contributed by atoms with van der Waals surface area (Å²) in [5.74, 6) is 1.43. The number of phenolic OH excluding ortho intramolecular Hbond substituents is 1. The molecule has 0 saturated carbocycles. The minimum atomic E-state index is -0.786. The highest BCUT2D eigenvalue weighted by Gasteiger charge is 2.14. The van der Waals surface area contributed by atoms with E-state index in [1.165, 1.54) is 0 Å². The van der Waals surface area contributed by atoms with Crippen LogP contribution in [0.3, 0.4) is 0 Å². The van der Waals surface area contributed by atoms with Crippen molar-refractivity contribution < 1.29 is 10.2 Å². The van der Waals surface area contributed by atoms with E-state index in [0.717, 1.165) is 43.1 Å². The van der Waals surface area contributed by atoms with Gasteiger partial charge in [-0.25, -0.2) is 9.97 Å². The summed E-state index contributed by atoms with van der Waals surface area (Å²) in [6, 6.07) is 10.8. The van der Waals surface area contributed by atoms with Gasteiger partial charge < -0.3 is 20.4 Å². The Morgan fingerprint density at radius 3 is 2.58 bits per heavy atom. The molecule has 3 rings (SSSR count). The van der Waals surface area contributed by atoms with Crippen LogP contribution in [0.1, 0.15) is 36.8 Å². The smallest absolute Gasteiger partial charge is 0.163 e. The fraction of sp³-hybridized carbons (Fsp3) is 0.375. The molecule has 0 aliphatic carbocycles. The summed E-state index contributed by atoms with van der Waals surface area (Å²) in [4.78, 5) is 15.8. The Balaban J connectivity index is 1.84. The molecule has 3 aromatic rings. The van der Waals surface area contributed by atoms with Gasteiger partial charge in [-0.15, -0.1) is 0 Å².